The summed E-state index contributed by atoms with van der Waals surface area (Å²) < 4.78 is 31.3. The minimum atomic E-state index is -0.311. The fourth-order valence-corrected chi connectivity index (χ4v) is 3.68. The number of aromatic nitrogens is 2. The molecule has 0 unspecified atom stereocenters. The standard InChI is InChI=1S/C25H24FN3O4/c1-31-21-12-17(13-22(32-2)24(21)33-3)25(30)27-14-23-28-19-6-4-5-7-20(19)29(23)15-16-8-10-18(26)11-9-16/h4-13H,14-15H2,1-3H3,(H,27,30). The molecule has 0 bridgehead atoms. The molecule has 170 valence electrons. The van der Waals surface area contributed by atoms with Crippen LogP contribution in [0.4, 0.5) is 4.39 Å². The van der Waals surface area contributed by atoms with Crippen molar-refractivity contribution in [2.75, 3.05) is 21.3 Å². The Balaban J connectivity index is 1.61. The number of benzene rings is 3. The molecule has 0 radical (unpaired) electrons. The minimum Gasteiger partial charge on any atom is -0.493 e. The first kappa shape index (κ1) is 22.1. The normalized spacial score (nSPS) is 10.8. The molecule has 7 nitrogen and oxygen atoms in total. The summed E-state index contributed by atoms with van der Waals surface area (Å²) in [5.74, 6) is 1.29. The van der Waals surface area contributed by atoms with Crippen molar-refractivity contribution in [2.24, 2.45) is 0 Å². The number of fused-ring (bicyclic) bond motifs is 1. The van der Waals surface area contributed by atoms with Gasteiger partial charge >= 0.3 is 0 Å². The number of ether oxygens (including phenoxy) is 3. The Morgan fingerprint density at radius 2 is 1.64 bits per heavy atom. The fourth-order valence-electron chi connectivity index (χ4n) is 3.68. The third-order valence-electron chi connectivity index (χ3n) is 5.32. The van der Waals surface area contributed by atoms with Crippen LogP contribution in [-0.2, 0) is 13.1 Å². The van der Waals surface area contributed by atoms with Gasteiger partial charge in [-0.2, -0.15) is 0 Å². The smallest absolute Gasteiger partial charge is 0.251 e. The van der Waals surface area contributed by atoms with Crippen molar-refractivity contribution in [1.29, 1.82) is 0 Å². The van der Waals surface area contributed by atoms with Crippen LogP contribution >= 0.6 is 0 Å². The van der Waals surface area contributed by atoms with E-state index in [1.165, 1.54) is 33.5 Å². The summed E-state index contributed by atoms with van der Waals surface area (Å²) in [7, 11) is 4.50. The Morgan fingerprint density at radius 1 is 0.970 bits per heavy atom. The zero-order valence-corrected chi connectivity index (χ0v) is 18.6. The molecule has 0 saturated carbocycles. The van der Waals surface area contributed by atoms with Crippen molar-refractivity contribution in [3.63, 3.8) is 0 Å². The second-order valence-electron chi connectivity index (χ2n) is 7.33. The number of hydrogen-bond donors (Lipinski definition) is 1. The van der Waals surface area contributed by atoms with Gasteiger partial charge in [0.05, 0.1) is 38.9 Å². The number of nitrogens with zero attached hydrogens (tertiary/aromatic N) is 2. The summed E-state index contributed by atoms with van der Waals surface area (Å²) in [4.78, 5) is 17.6. The van der Waals surface area contributed by atoms with Crippen molar-refractivity contribution in [2.45, 2.75) is 13.1 Å². The Bertz CT molecular complexity index is 1260. The van der Waals surface area contributed by atoms with Crippen LogP contribution in [0.15, 0.2) is 60.7 Å². The minimum absolute atomic E-state index is 0.200. The third kappa shape index (κ3) is 4.59. The summed E-state index contributed by atoms with van der Waals surface area (Å²) in [5.41, 5.74) is 3.04. The number of imidazole rings is 1. The van der Waals surface area contributed by atoms with E-state index in [1.54, 1.807) is 24.3 Å². The Labute approximate surface area is 190 Å². The van der Waals surface area contributed by atoms with E-state index in [-0.39, 0.29) is 18.3 Å². The molecule has 0 aliphatic heterocycles. The molecule has 0 spiro atoms. The average Bonchev–Trinajstić information content (AvgIpc) is 3.20. The van der Waals surface area contributed by atoms with E-state index in [1.807, 2.05) is 28.8 Å². The molecule has 1 amide bonds. The lowest BCUT2D eigenvalue weighted by Crippen LogP contribution is -2.25. The van der Waals surface area contributed by atoms with E-state index in [2.05, 4.69) is 5.32 Å². The third-order valence-corrected chi connectivity index (χ3v) is 5.32. The van der Waals surface area contributed by atoms with Gasteiger partial charge < -0.3 is 24.1 Å². The van der Waals surface area contributed by atoms with Gasteiger partial charge in [0.25, 0.3) is 5.91 Å². The molecule has 4 aromatic rings. The van der Waals surface area contributed by atoms with Crippen LogP contribution in [0.5, 0.6) is 17.2 Å². The quantitative estimate of drug-likeness (QED) is 0.437. The van der Waals surface area contributed by atoms with E-state index >= 15 is 0 Å². The van der Waals surface area contributed by atoms with Crippen molar-refractivity contribution in [3.05, 3.63) is 83.4 Å². The van der Waals surface area contributed by atoms with Gasteiger partial charge in [-0.3, -0.25) is 4.79 Å². The Morgan fingerprint density at radius 3 is 2.27 bits per heavy atom. The summed E-state index contributed by atoms with van der Waals surface area (Å²) in [6.07, 6.45) is 0. The lowest BCUT2D eigenvalue weighted by atomic mass is 10.1. The number of halogens is 1. The average molecular weight is 449 g/mol. The molecule has 33 heavy (non-hydrogen) atoms. The predicted molar refractivity (Wildman–Crippen MR) is 123 cm³/mol. The van der Waals surface area contributed by atoms with Crippen LogP contribution in [0.25, 0.3) is 11.0 Å². The molecule has 1 N–H and O–H groups in total. The molecule has 4 rings (SSSR count). The zero-order valence-electron chi connectivity index (χ0n) is 18.6. The second kappa shape index (κ2) is 9.60. The highest BCUT2D eigenvalue weighted by molar-refractivity contribution is 5.95. The first-order valence-electron chi connectivity index (χ1n) is 10.3. The van der Waals surface area contributed by atoms with Gasteiger partial charge in [-0.15, -0.1) is 0 Å². The highest BCUT2D eigenvalue weighted by Crippen LogP contribution is 2.38. The van der Waals surface area contributed by atoms with E-state index in [4.69, 9.17) is 19.2 Å². The molecule has 3 aromatic carbocycles. The molecule has 0 saturated heterocycles. The Hall–Kier alpha value is -4.07. The van der Waals surface area contributed by atoms with Gasteiger partial charge in [0.1, 0.15) is 11.6 Å². The predicted octanol–water partition coefficient (Wildman–Crippen LogP) is 4.18. The van der Waals surface area contributed by atoms with Crippen LogP contribution in [0, 0.1) is 5.82 Å². The van der Waals surface area contributed by atoms with Crippen LogP contribution in [0.2, 0.25) is 0 Å². The molecule has 1 aromatic heterocycles. The number of para-hydroxylation sites is 2. The first-order valence-corrected chi connectivity index (χ1v) is 10.3. The number of methoxy groups -OCH3 is 3. The second-order valence-corrected chi connectivity index (χ2v) is 7.33. The van der Waals surface area contributed by atoms with Crippen LogP contribution in [-0.4, -0.2) is 36.8 Å². The topological polar surface area (TPSA) is 74.6 Å². The van der Waals surface area contributed by atoms with Gasteiger partial charge in [0, 0.05) is 12.1 Å². The molecule has 0 atom stereocenters. The van der Waals surface area contributed by atoms with E-state index in [0.717, 1.165) is 16.6 Å². The van der Waals surface area contributed by atoms with Crippen LogP contribution < -0.4 is 19.5 Å². The Kier molecular flexibility index (Phi) is 6.44. The van der Waals surface area contributed by atoms with Crippen LogP contribution in [0.3, 0.4) is 0 Å². The number of nitrogens with one attached hydrogen (secondary N) is 1. The molecular formula is C25H24FN3O4. The monoisotopic (exact) mass is 449 g/mol. The highest BCUT2D eigenvalue weighted by Gasteiger charge is 2.18. The largest absolute Gasteiger partial charge is 0.493 e. The van der Waals surface area contributed by atoms with Gasteiger partial charge in [-0.1, -0.05) is 24.3 Å². The van der Waals surface area contributed by atoms with Crippen LogP contribution in [0.1, 0.15) is 21.7 Å². The molecule has 8 heteroatoms. The zero-order chi connectivity index (χ0) is 23.4. The molecular weight excluding hydrogens is 425 g/mol. The van der Waals surface area contributed by atoms with Gasteiger partial charge in [-0.25, -0.2) is 9.37 Å². The van der Waals surface area contributed by atoms with Crippen molar-refractivity contribution in [3.8, 4) is 17.2 Å². The SMILES string of the molecule is COc1cc(C(=O)NCc2nc3ccccc3n2Cc2ccc(F)cc2)cc(OC)c1OC. The van der Waals surface area contributed by atoms with Gasteiger partial charge in [0.15, 0.2) is 11.5 Å². The number of carbonyl (C=O) groups is 1. The van der Waals surface area contributed by atoms with Gasteiger partial charge in [0.2, 0.25) is 5.75 Å². The number of rotatable bonds is 8. The molecule has 0 aliphatic carbocycles. The van der Waals surface area contributed by atoms with E-state index < -0.39 is 0 Å². The lowest BCUT2D eigenvalue weighted by Gasteiger charge is -2.14. The number of hydrogen-bond acceptors (Lipinski definition) is 5. The van der Waals surface area contributed by atoms with Crippen molar-refractivity contribution >= 4 is 16.9 Å². The maximum absolute atomic E-state index is 13.3. The molecule has 1 heterocycles. The van der Waals surface area contributed by atoms with E-state index in [0.29, 0.717) is 35.2 Å². The first-order chi connectivity index (χ1) is 16.0. The lowest BCUT2D eigenvalue weighted by molar-refractivity contribution is 0.0948. The maximum atomic E-state index is 13.3. The highest BCUT2D eigenvalue weighted by atomic mass is 19.1. The van der Waals surface area contributed by atoms with Crippen molar-refractivity contribution in [1.82, 2.24) is 14.9 Å². The van der Waals surface area contributed by atoms with Crippen molar-refractivity contribution < 1.29 is 23.4 Å². The summed E-state index contributed by atoms with van der Waals surface area (Å²) in [5, 5.41) is 2.92. The van der Waals surface area contributed by atoms with Gasteiger partial charge in [-0.05, 0) is 42.0 Å². The van der Waals surface area contributed by atoms with E-state index in [9.17, 15) is 9.18 Å². The summed E-state index contributed by atoms with van der Waals surface area (Å²) in [6, 6.07) is 17.3. The summed E-state index contributed by atoms with van der Waals surface area (Å²) in [6.45, 7) is 0.696. The number of amides is 1. The number of carbonyl (C=O) groups excluding carboxylic acids is 1. The summed E-state index contributed by atoms with van der Waals surface area (Å²) >= 11 is 0. The fraction of sp³-hybridized carbons (Fsp3) is 0.200. The molecule has 0 aliphatic rings. The maximum Gasteiger partial charge on any atom is 0.251 e. The molecule has 0 fully saturated rings.